The lowest BCUT2D eigenvalue weighted by Crippen LogP contribution is -2.28. The van der Waals surface area contributed by atoms with Crippen LogP contribution in [0.3, 0.4) is 0 Å². The maximum Gasteiger partial charge on any atom is 0.246 e. The summed E-state index contributed by atoms with van der Waals surface area (Å²) in [6.45, 7) is 3.92. The van der Waals surface area contributed by atoms with E-state index in [9.17, 15) is 5.11 Å². The van der Waals surface area contributed by atoms with Crippen molar-refractivity contribution >= 4 is 0 Å². The summed E-state index contributed by atoms with van der Waals surface area (Å²) in [4.78, 5) is 0. The van der Waals surface area contributed by atoms with E-state index in [4.69, 9.17) is 10.2 Å². The number of nitrogens with two attached hydrogens (primary N) is 1. The number of hydrogen-bond donors (Lipinski definition) is 2. The van der Waals surface area contributed by atoms with Gasteiger partial charge in [0.25, 0.3) is 0 Å². The van der Waals surface area contributed by atoms with Crippen molar-refractivity contribution in [1.82, 2.24) is 10.2 Å². The monoisotopic (exact) mass is 199 g/mol. The van der Waals surface area contributed by atoms with E-state index in [0.717, 1.165) is 12.8 Å². The molecule has 14 heavy (non-hydrogen) atoms. The molecule has 0 fully saturated rings. The van der Waals surface area contributed by atoms with Crippen LogP contribution < -0.4 is 5.73 Å². The summed E-state index contributed by atoms with van der Waals surface area (Å²) in [5, 5.41) is 17.2. The van der Waals surface area contributed by atoms with Gasteiger partial charge in [-0.05, 0) is 6.42 Å². The van der Waals surface area contributed by atoms with E-state index < -0.39 is 6.10 Å². The number of hydrogen-bond acceptors (Lipinski definition) is 5. The van der Waals surface area contributed by atoms with Crippen molar-refractivity contribution in [3.8, 4) is 0 Å². The van der Waals surface area contributed by atoms with Crippen LogP contribution in [0, 0.1) is 0 Å². The maximum absolute atomic E-state index is 9.71. The Morgan fingerprint density at radius 3 is 2.64 bits per heavy atom. The molecule has 5 nitrogen and oxygen atoms in total. The van der Waals surface area contributed by atoms with E-state index in [-0.39, 0.29) is 11.9 Å². The molecule has 0 aromatic carbocycles. The molecule has 0 bridgehead atoms. The summed E-state index contributed by atoms with van der Waals surface area (Å²) in [7, 11) is 0. The maximum atomic E-state index is 9.71. The number of aromatic nitrogens is 2. The average Bonchev–Trinajstić information content (AvgIpc) is 2.65. The first-order valence-corrected chi connectivity index (χ1v) is 4.95. The van der Waals surface area contributed by atoms with Crippen LogP contribution in [0.15, 0.2) is 4.42 Å². The van der Waals surface area contributed by atoms with Gasteiger partial charge in [-0.1, -0.05) is 20.3 Å². The fraction of sp³-hybridized carbons (Fsp3) is 0.778. The minimum Gasteiger partial charge on any atom is -0.422 e. The highest BCUT2D eigenvalue weighted by atomic mass is 16.4. The van der Waals surface area contributed by atoms with Gasteiger partial charge in [-0.15, -0.1) is 10.2 Å². The van der Waals surface area contributed by atoms with Gasteiger partial charge in [0.2, 0.25) is 11.8 Å². The van der Waals surface area contributed by atoms with E-state index in [1.54, 1.807) is 0 Å². The molecule has 0 spiro atoms. The summed E-state index contributed by atoms with van der Waals surface area (Å²) in [5.74, 6) is 0.755. The van der Waals surface area contributed by atoms with Crippen LogP contribution >= 0.6 is 0 Å². The third-order valence-electron chi connectivity index (χ3n) is 2.07. The van der Waals surface area contributed by atoms with E-state index in [2.05, 4.69) is 10.2 Å². The van der Waals surface area contributed by atoms with Crippen LogP contribution in [-0.2, 0) is 6.42 Å². The van der Waals surface area contributed by atoms with E-state index in [1.165, 1.54) is 0 Å². The number of rotatable bonds is 5. The molecule has 5 heteroatoms. The molecule has 0 amide bonds. The summed E-state index contributed by atoms with van der Waals surface area (Å²) in [6.07, 6.45) is 1.49. The van der Waals surface area contributed by atoms with Gasteiger partial charge in [-0.25, -0.2) is 0 Å². The van der Waals surface area contributed by atoms with Crippen LogP contribution in [0.5, 0.6) is 0 Å². The SMILES string of the molecule is CCCC(N)[C@H](O)c1nnc(CC)o1. The number of aryl methyl sites for hydroxylation is 1. The van der Waals surface area contributed by atoms with Crippen molar-refractivity contribution in [1.29, 1.82) is 0 Å². The molecule has 0 saturated heterocycles. The molecule has 0 saturated carbocycles. The molecule has 0 aliphatic heterocycles. The van der Waals surface area contributed by atoms with Crippen molar-refractivity contribution < 1.29 is 9.52 Å². The van der Waals surface area contributed by atoms with Crippen molar-refractivity contribution in [2.45, 2.75) is 45.3 Å². The predicted octanol–water partition coefficient (Wildman–Crippen LogP) is 0.793. The smallest absolute Gasteiger partial charge is 0.246 e. The van der Waals surface area contributed by atoms with Crippen LogP contribution in [-0.4, -0.2) is 21.3 Å². The van der Waals surface area contributed by atoms with Crippen LogP contribution in [0.4, 0.5) is 0 Å². The molecule has 0 aliphatic rings. The third kappa shape index (κ3) is 2.52. The second kappa shape index (κ2) is 5.07. The Kier molecular flexibility index (Phi) is 4.03. The first-order chi connectivity index (χ1) is 6.69. The molecular weight excluding hydrogens is 182 g/mol. The second-order valence-corrected chi connectivity index (χ2v) is 3.28. The van der Waals surface area contributed by atoms with Crippen molar-refractivity contribution in [3.05, 3.63) is 11.8 Å². The second-order valence-electron chi connectivity index (χ2n) is 3.28. The molecule has 3 N–H and O–H groups in total. The summed E-state index contributed by atoms with van der Waals surface area (Å²) < 4.78 is 5.21. The van der Waals surface area contributed by atoms with Crippen LogP contribution in [0.2, 0.25) is 0 Å². The molecular formula is C9H17N3O2. The topological polar surface area (TPSA) is 85.2 Å². The fourth-order valence-electron chi connectivity index (χ4n) is 1.20. The molecule has 1 aromatic heterocycles. The van der Waals surface area contributed by atoms with Gasteiger partial charge in [0.1, 0.15) is 6.10 Å². The molecule has 2 atom stereocenters. The zero-order valence-electron chi connectivity index (χ0n) is 8.60. The molecule has 1 unspecified atom stereocenters. The van der Waals surface area contributed by atoms with Crippen molar-refractivity contribution in [3.63, 3.8) is 0 Å². The van der Waals surface area contributed by atoms with Gasteiger partial charge < -0.3 is 15.3 Å². The van der Waals surface area contributed by atoms with Crippen molar-refractivity contribution in [2.75, 3.05) is 0 Å². The lowest BCUT2D eigenvalue weighted by molar-refractivity contribution is 0.110. The number of nitrogens with zero attached hydrogens (tertiary/aromatic N) is 2. The lowest BCUT2D eigenvalue weighted by atomic mass is 10.1. The minimum atomic E-state index is -0.845. The van der Waals surface area contributed by atoms with Gasteiger partial charge in [-0.2, -0.15) is 0 Å². The van der Waals surface area contributed by atoms with Gasteiger partial charge in [0.05, 0.1) is 0 Å². The first-order valence-electron chi connectivity index (χ1n) is 4.95. The highest BCUT2D eigenvalue weighted by Gasteiger charge is 2.21. The van der Waals surface area contributed by atoms with Crippen LogP contribution in [0.1, 0.15) is 44.6 Å². The van der Waals surface area contributed by atoms with Gasteiger partial charge in [0.15, 0.2) is 0 Å². The highest BCUT2D eigenvalue weighted by molar-refractivity contribution is 4.90. The summed E-state index contributed by atoms with van der Waals surface area (Å²) in [5.41, 5.74) is 5.73. The number of aliphatic hydroxyl groups is 1. The Balaban J connectivity index is 2.63. The first kappa shape index (κ1) is 11.1. The lowest BCUT2D eigenvalue weighted by Gasteiger charge is -2.13. The summed E-state index contributed by atoms with van der Waals surface area (Å²) in [6, 6.07) is -0.329. The quantitative estimate of drug-likeness (QED) is 0.732. The fourth-order valence-corrected chi connectivity index (χ4v) is 1.20. The van der Waals surface area contributed by atoms with E-state index >= 15 is 0 Å². The van der Waals surface area contributed by atoms with Gasteiger partial charge >= 0.3 is 0 Å². The van der Waals surface area contributed by atoms with Gasteiger partial charge in [-0.3, -0.25) is 0 Å². The molecule has 80 valence electrons. The molecule has 1 heterocycles. The Morgan fingerprint density at radius 2 is 2.14 bits per heavy atom. The Bertz CT molecular complexity index is 275. The highest BCUT2D eigenvalue weighted by Crippen LogP contribution is 2.17. The molecule has 0 aliphatic carbocycles. The Labute approximate surface area is 83.3 Å². The largest absolute Gasteiger partial charge is 0.422 e. The van der Waals surface area contributed by atoms with E-state index in [0.29, 0.717) is 12.3 Å². The normalized spacial score (nSPS) is 15.4. The number of aliphatic hydroxyl groups excluding tert-OH is 1. The molecule has 0 radical (unpaired) electrons. The predicted molar refractivity (Wildman–Crippen MR) is 51.5 cm³/mol. The molecule has 1 rings (SSSR count). The van der Waals surface area contributed by atoms with Crippen LogP contribution in [0.25, 0.3) is 0 Å². The zero-order chi connectivity index (χ0) is 10.6. The summed E-state index contributed by atoms with van der Waals surface area (Å²) >= 11 is 0. The van der Waals surface area contributed by atoms with Gasteiger partial charge in [0, 0.05) is 12.5 Å². The standard InChI is InChI=1S/C9H17N3O2/c1-3-5-6(10)8(13)9-12-11-7(4-2)14-9/h6,8,13H,3-5,10H2,1-2H3/t6?,8-/m0/s1. The minimum absolute atomic E-state index is 0.225. The Morgan fingerprint density at radius 1 is 1.43 bits per heavy atom. The van der Waals surface area contributed by atoms with E-state index in [1.807, 2.05) is 13.8 Å². The molecule has 1 aromatic rings. The van der Waals surface area contributed by atoms with Crippen molar-refractivity contribution in [2.24, 2.45) is 5.73 Å². The zero-order valence-corrected chi connectivity index (χ0v) is 8.60. The average molecular weight is 199 g/mol. The Hall–Kier alpha value is -0.940. The third-order valence-corrected chi connectivity index (χ3v) is 2.07.